The minimum Gasteiger partial charge on any atom is -0.444 e. The van der Waals surface area contributed by atoms with Crippen molar-refractivity contribution < 1.29 is 81.8 Å². The molecule has 4 amide bonds. The van der Waals surface area contributed by atoms with E-state index >= 15 is 0 Å². The van der Waals surface area contributed by atoms with E-state index in [1.165, 1.54) is 60.7 Å². The Morgan fingerprint density at radius 3 is 0.871 bits per heavy atom. The molecule has 4 unspecified atom stereocenters. The monoisotopic (exact) mass is 1750 g/mol. The Labute approximate surface area is 726 Å². The van der Waals surface area contributed by atoms with E-state index in [4.69, 9.17) is 43.1 Å². The first-order valence-corrected chi connectivity index (χ1v) is 45.1. The maximum atomic E-state index is 14.2. The highest BCUT2D eigenvalue weighted by Crippen LogP contribution is 2.42. The molecule has 0 saturated heterocycles. The molecule has 0 aliphatic heterocycles. The quantitative estimate of drug-likeness (QED) is 0.0269. The molecule has 12 rings (SSSR count). The maximum absolute atomic E-state index is 14.2. The lowest BCUT2D eigenvalue weighted by Crippen LogP contribution is -2.34. The van der Waals surface area contributed by atoms with Gasteiger partial charge in [0.1, 0.15) is 45.7 Å². The number of halogens is 4. The molecule has 22 nitrogen and oxygen atoms in total. The van der Waals surface area contributed by atoms with E-state index in [1.807, 2.05) is 155 Å². The van der Waals surface area contributed by atoms with Gasteiger partial charge in [0.25, 0.3) is 10.1 Å². The Morgan fingerprint density at radius 2 is 0.621 bits per heavy atom. The summed E-state index contributed by atoms with van der Waals surface area (Å²) < 4.78 is 131. The Balaban J connectivity index is 0.000000188. The van der Waals surface area contributed by atoms with Crippen LogP contribution in [0.25, 0.3) is 88.1 Å². The van der Waals surface area contributed by atoms with Crippen molar-refractivity contribution in [3.05, 3.63) is 262 Å². The average Bonchev–Trinajstić information content (AvgIpc) is 0.779. The molecule has 8 aromatic carbocycles. The summed E-state index contributed by atoms with van der Waals surface area (Å²) in [6.45, 7) is 28.0. The SMILES string of the molecule is CC(NC(=O)OC(C)(C)C)c1nc2ccc(F)cc2c(CO)c1-c1ccccc1.CC(NC(=O)OC(C)(C)C)c1nc2ccc(F)cc2c(COS(C)(=O)=O)c1-c1ccccc1.CC(NC(=O)OC(C)(C)C)c1nc2ccc(F)cc2c(CS(C)(=O)=O)c1-c1ccccc1.CSCc1c(-c2ccccc2)c(C(C)NC(=O)OC(C)(C)C)nc2ccc(F)cc12. The van der Waals surface area contributed by atoms with Crippen LogP contribution in [0.2, 0.25) is 0 Å². The third-order valence-corrected chi connectivity index (χ3v) is 20.4. The number of hydrogen-bond donors (Lipinski definition) is 5. The molecule has 4 heterocycles. The molecule has 124 heavy (non-hydrogen) atoms. The van der Waals surface area contributed by atoms with Crippen LogP contribution in [0.1, 0.15) is 180 Å². The highest BCUT2D eigenvalue weighted by molar-refractivity contribution is 7.97. The van der Waals surface area contributed by atoms with Gasteiger partial charge in [-0.25, -0.2) is 65.1 Å². The second kappa shape index (κ2) is 40.8. The minimum absolute atomic E-state index is 0.293. The van der Waals surface area contributed by atoms with Crippen LogP contribution in [0.3, 0.4) is 0 Å². The average molecular weight is 1760 g/mol. The van der Waals surface area contributed by atoms with Crippen molar-refractivity contribution in [1.82, 2.24) is 41.2 Å². The molecule has 29 heteroatoms. The summed E-state index contributed by atoms with van der Waals surface area (Å²) in [5.41, 5.74) is 10.2. The Bertz CT molecular complexity index is 6080. The van der Waals surface area contributed by atoms with Crippen LogP contribution in [0, 0.1) is 23.3 Å². The summed E-state index contributed by atoms with van der Waals surface area (Å²) in [4.78, 5) is 68.5. The lowest BCUT2D eigenvalue weighted by molar-refractivity contribution is 0.0495. The summed E-state index contributed by atoms with van der Waals surface area (Å²) in [7, 11) is -7.24. The van der Waals surface area contributed by atoms with E-state index in [2.05, 4.69) is 21.3 Å². The first-order chi connectivity index (χ1) is 58.1. The fourth-order valence-electron chi connectivity index (χ4n) is 13.6. The number of aliphatic hydroxyl groups is 1. The highest BCUT2D eigenvalue weighted by atomic mass is 32.2. The van der Waals surface area contributed by atoms with Gasteiger partial charge in [-0.15, -0.1) is 0 Å². The molecule has 12 aromatic rings. The zero-order valence-corrected chi connectivity index (χ0v) is 75.3. The topological polar surface area (TPSA) is 303 Å². The lowest BCUT2D eigenvalue weighted by Gasteiger charge is -2.24. The van der Waals surface area contributed by atoms with E-state index in [0.717, 1.165) is 57.0 Å². The van der Waals surface area contributed by atoms with Gasteiger partial charge in [-0.05, 0) is 234 Å². The van der Waals surface area contributed by atoms with Crippen LogP contribution in [0.4, 0.5) is 36.7 Å². The number of fused-ring (bicyclic) bond motifs is 4. The minimum atomic E-state index is -3.78. The molecular formula is C95H106F4N8O14S3. The van der Waals surface area contributed by atoms with E-state index < -0.39 is 108 Å². The first kappa shape index (κ1) is 96.2. The largest absolute Gasteiger partial charge is 0.444 e. The molecule has 0 saturated carbocycles. The maximum Gasteiger partial charge on any atom is 0.408 e. The third kappa shape index (κ3) is 27.2. The number of aliphatic hydroxyl groups excluding tert-OH is 1. The summed E-state index contributed by atoms with van der Waals surface area (Å²) in [5.74, 6) is -1.28. The third-order valence-electron chi connectivity index (χ3n) is 18.4. The van der Waals surface area contributed by atoms with Crippen molar-refractivity contribution in [2.75, 3.05) is 18.8 Å². The van der Waals surface area contributed by atoms with Crippen LogP contribution in [-0.4, -0.2) is 107 Å². The fourth-order valence-corrected chi connectivity index (χ4v) is 15.4. The summed E-state index contributed by atoms with van der Waals surface area (Å²) in [5, 5.41) is 23.6. The number of sulfone groups is 1. The van der Waals surface area contributed by atoms with Gasteiger partial charge in [0.2, 0.25) is 0 Å². The Hall–Kier alpha value is -11.6. The van der Waals surface area contributed by atoms with E-state index in [-0.39, 0.29) is 24.8 Å². The van der Waals surface area contributed by atoms with Crippen molar-refractivity contribution >= 4 is 99.7 Å². The molecular weight excluding hydrogens is 1650 g/mol. The number of benzene rings is 8. The Morgan fingerprint density at radius 1 is 0.379 bits per heavy atom. The molecule has 0 radical (unpaired) electrons. The zero-order valence-electron chi connectivity index (χ0n) is 72.9. The predicted octanol–water partition coefficient (Wildman–Crippen LogP) is 21.9. The van der Waals surface area contributed by atoms with Crippen molar-refractivity contribution in [3.63, 3.8) is 0 Å². The van der Waals surface area contributed by atoms with Gasteiger partial charge in [0.15, 0.2) is 9.84 Å². The first-order valence-electron chi connectivity index (χ1n) is 39.9. The molecule has 5 N–H and O–H groups in total. The van der Waals surface area contributed by atoms with Gasteiger partial charge in [0.05, 0.1) is 94.2 Å². The summed E-state index contributed by atoms with van der Waals surface area (Å²) in [6, 6.07) is 52.6. The molecule has 0 aliphatic rings. The van der Waals surface area contributed by atoms with Crippen molar-refractivity contribution in [1.29, 1.82) is 0 Å². The summed E-state index contributed by atoms with van der Waals surface area (Å²) >= 11 is 1.66. The predicted molar refractivity (Wildman–Crippen MR) is 481 cm³/mol. The number of amides is 4. The smallest absolute Gasteiger partial charge is 0.408 e. The Kier molecular flexibility index (Phi) is 31.6. The molecule has 4 aromatic heterocycles. The van der Waals surface area contributed by atoms with E-state index in [1.54, 1.807) is 107 Å². The van der Waals surface area contributed by atoms with Gasteiger partial charge < -0.3 is 45.3 Å². The number of hydrogen-bond acceptors (Lipinski definition) is 19. The zero-order chi connectivity index (χ0) is 91.1. The standard InChI is InChI=1S/C24H27FN2O5S.C24H27FN2O4S.C24H27FN2O2S.C23H25FN2O3/c1-15(26-23(28)32-24(2,3)4)22-21(16-9-7-6-8-10-16)19(14-31-33(5,29)30)18-13-17(25)11-12-20(18)27-22;1-15(26-23(28)31-24(2,3)4)22-21(16-9-7-6-8-10-16)19(14-32(5,29)30)18-13-17(25)11-12-20(18)27-22;1-15(26-23(28)29-24(2,3)4)22-21(16-9-7-6-8-10-16)19(14-30-5)18-13-17(25)11-12-20(18)27-22;1-14(25-22(28)29-23(2,3)4)21-20(15-8-6-5-7-9-15)18(13-27)17-12-16(24)10-11-19(17)26-21/h6-13,15H,14H2,1-5H3,(H,26,28);6-13,15H,14H2,1-5H3,(H,26,28);6-13,15H,14H2,1-5H3,(H,26,28);5-12,14,27H,13H2,1-4H3,(H,25,28). The summed E-state index contributed by atoms with van der Waals surface area (Å²) in [6.07, 6.45) is 1.81. The van der Waals surface area contributed by atoms with Gasteiger partial charge in [-0.3, -0.25) is 4.18 Å². The number of pyridine rings is 4. The molecule has 0 spiro atoms. The second-order valence-electron chi connectivity index (χ2n) is 33.6. The number of ether oxygens (including phenoxy) is 4. The number of carbonyl (C=O) groups is 4. The fraction of sp³-hybridized carbons (Fsp3) is 0.326. The van der Waals surface area contributed by atoms with Gasteiger partial charge in [0, 0.05) is 55.8 Å². The highest BCUT2D eigenvalue weighted by Gasteiger charge is 2.31. The van der Waals surface area contributed by atoms with Crippen LogP contribution in [0.5, 0.6) is 0 Å². The van der Waals surface area contributed by atoms with Crippen LogP contribution < -0.4 is 21.3 Å². The number of thioether (sulfide) groups is 1. The number of carbonyl (C=O) groups excluding carboxylic acids is 4. The van der Waals surface area contributed by atoms with Crippen LogP contribution in [0.15, 0.2) is 194 Å². The van der Waals surface area contributed by atoms with Gasteiger partial charge in [-0.2, -0.15) is 20.2 Å². The van der Waals surface area contributed by atoms with Crippen molar-refractivity contribution in [2.24, 2.45) is 0 Å². The number of nitrogens with one attached hydrogen (secondary N) is 4. The molecule has 656 valence electrons. The number of rotatable bonds is 20. The molecule has 0 bridgehead atoms. The van der Waals surface area contributed by atoms with E-state index in [0.29, 0.717) is 94.4 Å². The number of alkyl carbamates (subject to hydrolysis) is 4. The van der Waals surface area contributed by atoms with E-state index in [9.17, 15) is 58.7 Å². The second-order valence-corrected chi connectivity index (χ2v) is 38.3. The van der Waals surface area contributed by atoms with Gasteiger partial charge in [-0.1, -0.05) is 121 Å². The van der Waals surface area contributed by atoms with Gasteiger partial charge >= 0.3 is 24.4 Å². The lowest BCUT2D eigenvalue weighted by atomic mass is 9.92. The number of nitrogens with zero attached hydrogens (tertiary/aromatic N) is 4. The van der Waals surface area contributed by atoms with Crippen LogP contribution >= 0.6 is 11.8 Å². The van der Waals surface area contributed by atoms with Crippen LogP contribution in [-0.2, 0) is 67.8 Å². The normalized spacial score (nSPS) is 12.8. The molecule has 0 fully saturated rings. The van der Waals surface area contributed by atoms with Crippen molar-refractivity contribution in [3.8, 4) is 44.5 Å². The molecule has 4 atom stereocenters. The number of aromatic nitrogens is 4. The molecule has 0 aliphatic carbocycles. The van der Waals surface area contributed by atoms with Crippen molar-refractivity contribution in [2.45, 2.75) is 182 Å².